The summed E-state index contributed by atoms with van der Waals surface area (Å²) in [5.74, 6) is 1.98. The highest BCUT2D eigenvalue weighted by atomic mass is 32.1. The predicted molar refractivity (Wildman–Crippen MR) is 103 cm³/mol. The molecule has 1 unspecified atom stereocenters. The predicted octanol–water partition coefficient (Wildman–Crippen LogP) is 2.09. The number of thiazole rings is 1. The summed E-state index contributed by atoms with van der Waals surface area (Å²) in [6.45, 7) is 2.41. The molecular weight excluding hydrogens is 368 g/mol. The van der Waals surface area contributed by atoms with Crippen LogP contribution in [0, 0.1) is 0 Å². The number of ether oxygens (including phenoxy) is 2. The minimum absolute atomic E-state index is 0.00178. The molecule has 0 fully saturated rings. The molecule has 0 aliphatic rings. The van der Waals surface area contributed by atoms with Crippen LogP contribution in [0.2, 0.25) is 0 Å². The van der Waals surface area contributed by atoms with Gasteiger partial charge in [-0.3, -0.25) is 4.90 Å². The van der Waals surface area contributed by atoms with Gasteiger partial charge < -0.3 is 19.7 Å². The van der Waals surface area contributed by atoms with E-state index in [1.165, 1.54) is 15.9 Å². The number of methoxy groups -OCH3 is 2. The van der Waals surface area contributed by atoms with Crippen LogP contribution in [0.15, 0.2) is 18.2 Å². The fraction of sp³-hybridized carbons (Fsp3) is 0.444. The largest absolute Gasteiger partial charge is 0.493 e. The summed E-state index contributed by atoms with van der Waals surface area (Å²) in [6, 6.07) is 5.34. The maximum absolute atomic E-state index is 10.8. The first kappa shape index (κ1) is 19.4. The third-order valence-corrected chi connectivity index (χ3v) is 5.50. The molecule has 1 atom stereocenters. The first-order chi connectivity index (χ1) is 13.0. The minimum atomic E-state index is -0.296. The van der Waals surface area contributed by atoms with Crippen molar-refractivity contribution in [2.75, 3.05) is 34.4 Å². The topological polar surface area (TPSA) is 92.4 Å². The van der Waals surface area contributed by atoms with Crippen LogP contribution in [0.5, 0.6) is 17.4 Å². The van der Waals surface area contributed by atoms with Crippen molar-refractivity contribution in [2.24, 2.45) is 0 Å². The Balaban J connectivity index is 2.12. The summed E-state index contributed by atoms with van der Waals surface area (Å²) in [5.41, 5.74) is 0.902. The zero-order chi connectivity index (χ0) is 19.6. The van der Waals surface area contributed by atoms with Gasteiger partial charge in [0.1, 0.15) is 0 Å². The fourth-order valence-electron chi connectivity index (χ4n) is 3.03. The van der Waals surface area contributed by atoms with E-state index in [0.29, 0.717) is 40.1 Å². The Labute approximate surface area is 161 Å². The number of aromatic hydroxyl groups is 1. The minimum Gasteiger partial charge on any atom is -0.493 e. The molecule has 9 heteroatoms. The quantitative estimate of drug-likeness (QED) is 0.606. The van der Waals surface area contributed by atoms with Gasteiger partial charge in [0.15, 0.2) is 17.3 Å². The molecular formula is C18H24N4O4S. The summed E-state index contributed by atoms with van der Waals surface area (Å²) in [5, 5.41) is 24.6. The SMILES string of the molecule is CCc1nc2sc(C(c3ccc(OC)c(OC)c3)N(C)CCO)c(O)n2n1. The number of aliphatic hydroxyl groups is 1. The van der Waals surface area contributed by atoms with Gasteiger partial charge >= 0.3 is 0 Å². The molecule has 3 rings (SSSR count). The fourth-order valence-corrected chi connectivity index (χ4v) is 4.20. The standard InChI is InChI=1S/C18H24N4O4S/c1-5-14-19-18-22(20-14)17(24)16(27-18)15(21(2)8-9-23)11-6-7-12(25-3)13(10-11)26-4/h6-7,10,15,23-24H,5,8-9H2,1-4H3. The Morgan fingerprint density at radius 2 is 2.00 bits per heavy atom. The van der Waals surface area contributed by atoms with Crippen LogP contribution in [0.3, 0.4) is 0 Å². The molecule has 0 spiro atoms. The van der Waals surface area contributed by atoms with E-state index >= 15 is 0 Å². The van der Waals surface area contributed by atoms with Crippen molar-refractivity contribution >= 4 is 16.3 Å². The van der Waals surface area contributed by atoms with Crippen LogP contribution in [-0.4, -0.2) is 64.1 Å². The van der Waals surface area contributed by atoms with Gasteiger partial charge in [-0.1, -0.05) is 24.3 Å². The second kappa shape index (κ2) is 8.12. The first-order valence-electron chi connectivity index (χ1n) is 8.64. The van der Waals surface area contributed by atoms with Crippen molar-refractivity contribution in [1.29, 1.82) is 0 Å². The highest BCUT2D eigenvalue weighted by molar-refractivity contribution is 7.17. The van der Waals surface area contributed by atoms with Gasteiger partial charge in [0.2, 0.25) is 10.8 Å². The van der Waals surface area contributed by atoms with E-state index in [-0.39, 0.29) is 18.5 Å². The zero-order valence-electron chi connectivity index (χ0n) is 15.8. The lowest BCUT2D eigenvalue weighted by molar-refractivity contribution is 0.196. The lowest BCUT2D eigenvalue weighted by Gasteiger charge is -2.27. The molecule has 146 valence electrons. The van der Waals surface area contributed by atoms with Crippen molar-refractivity contribution in [3.8, 4) is 17.4 Å². The number of aryl methyl sites for hydroxylation is 1. The Bertz CT molecular complexity index is 924. The highest BCUT2D eigenvalue weighted by Gasteiger charge is 2.28. The van der Waals surface area contributed by atoms with E-state index in [9.17, 15) is 10.2 Å². The van der Waals surface area contributed by atoms with Gasteiger partial charge in [-0.05, 0) is 24.7 Å². The molecule has 0 saturated heterocycles. The van der Waals surface area contributed by atoms with E-state index in [1.807, 2.05) is 37.1 Å². The molecule has 0 saturated carbocycles. The van der Waals surface area contributed by atoms with Gasteiger partial charge in [-0.15, -0.1) is 5.10 Å². The van der Waals surface area contributed by atoms with Crippen LogP contribution in [-0.2, 0) is 6.42 Å². The Kier molecular flexibility index (Phi) is 5.83. The first-order valence-corrected chi connectivity index (χ1v) is 9.46. The molecule has 0 radical (unpaired) electrons. The van der Waals surface area contributed by atoms with Gasteiger partial charge in [-0.2, -0.15) is 4.52 Å². The summed E-state index contributed by atoms with van der Waals surface area (Å²) >= 11 is 1.38. The summed E-state index contributed by atoms with van der Waals surface area (Å²) in [4.78, 5) is 7.76. The lowest BCUT2D eigenvalue weighted by atomic mass is 10.0. The normalized spacial score (nSPS) is 12.7. The number of aliphatic hydroxyl groups excluding tert-OH is 1. The van der Waals surface area contributed by atoms with Crippen molar-refractivity contribution in [2.45, 2.75) is 19.4 Å². The molecule has 0 aliphatic heterocycles. The number of likely N-dealkylation sites (N-methyl/N-ethyl adjacent to an activating group) is 1. The van der Waals surface area contributed by atoms with E-state index in [2.05, 4.69) is 10.1 Å². The average Bonchev–Trinajstić information content (AvgIpc) is 3.21. The molecule has 2 aromatic heterocycles. The number of hydrogen-bond donors (Lipinski definition) is 2. The molecule has 0 amide bonds. The maximum atomic E-state index is 10.8. The van der Waals surface area contributed by atoms with E-state index in [4.69, 9.17) is 9.47 Å². The second-order valence-electron chi connectivity index (χ2n) is 6.09. The number of aromatic nitrogens is 3. The Morgan fingerprint density at radius 3 is 2.59 bits per heavy atom. The van der Waals surface area contributed by atoms with Crippen molar-refractivity contribution < 1.29 is 19.7 Å². The molecule has 27 heavy (non-hydrogen) atoms. The van der Waals surface area contributed by atoms with Crippen molar-refractivity contribution in [1.82, 2.24) is 19.5 Å². The van der Waals surface area contributed by atoms with Crippen LogP contribution in [0.1, 0.15) is 29.2 Å². The Hall–Kier alpha value is -2.36. The summed E-state index contributed by atoms with van der Waals surface area (Å²) in [6.07, 6.45) is 0.701. The van der Waals surface area contributed by atoms with E-state index in [0.717, 1.165) is 5.56 Å². The van der Waals surface area contributed by atoms with Crippen LogP contribution in [0.25, 0.3) is 4.96 Å². The van der Waals surface area contributed by atoms with E-state index in [1.54, 1.807) is 14.2 Å². The number of nitrogens with zero attached hydrogens (tertiary/aromatic N) is 4. The van der Waals surface area contributed by atoms with Crippen LogP contribution in [0.4, 0.5) is 0 Å². The molecule has 1 aromatic carbocycles. The number of fused-ring (bicyclic) bond motifs is 1. The van der Waals surface area contributed by atoms with Gasteiger partial charge in [-0.25, -0.2) is 4.98 Å². The number of benzene rings is 1. The van der Waals surface area contributed by atoms with Crippen LogP contribution < -0.4 is 9.47 Å². The maximum Gasteiger partial charge on any atom is 0.230 e. The lowest BCUT2D eigenvalue weighted by Crippen LogP contribution is -2.28. The monoisotopic (exact) mass is 392 g/mol. The third kappa shape index (κ3) is 3.58. The molecule has 8 nitrogen and oxygen atoms in total. The highest BCUT2D eigenvalue weighted by Crippen LogP contribution is 2.41. The molecule has 2 heterocycles. The molecule has 0 aliphatic carbocycles. The van der Waals surface area contributed by atoms with Gasteiger partial charge in [0, 0.05) is 13.0 Å². The van der Waals surface area contributed by atoms with Crippen LogP contribution >= 0.6 is 11.3 Å². The molecule has 0 bridgehead atoms. The summed E-state index contributed by atoms with van der Waals surface area (Å²) in [7, 11) is 5.06. The third-order valence-electron chi connectivity index (χ3n) is 4.42. The summed E-state index contributed by atoms with van der Waals surface area (Å²) < 4.78 is 12.2. The Morgan fingerprint density at radius 1 is 1.26 bits per heavy atom. The number of rotatable bonds is 8. The number of hydrogen-bond acceptors (Lipinski definition) is 8. The van der Waals surface area contributed by atoms with Crippen molar-refractivity contribution in [3.63, 3.8) is 0 Å². The smallest absolute Gasteiger partial charge is 0.230 e. The van der Waals surface area contributed by atoms with E-state index < -0.39 is 0 Å². The van der Waals surface area contributed by atoms with Crippen molar-refractivity contribution in [3.05, 3.63) is 34.5 Å². The zero-order valence-corrected chi connectivity index (χ0v) is 16.7. The second-order valence-corrected chi connectivity index (χ2v) is 7.10. The average molecular weight is 392 g/mol. The molecule has 2 N–H and O–H groups in total. The molecule has 3 aromatic rings. The van der Waals surface area contributed by atoms with Gasteiger partial charge in [0.05, 0.1) is 31.7 Å². The van der Waals surface area contributed by atoms with Gasteiger partial charge in [0.25, 0.3) is 0 Å².